The summed E-state index contributed by atoms with van der Waals surface area (Å²) in [5.41, 5.74) is 2.43. The first-order valence-electron chi connectivity index (χ1n) is 8.38. The van der Waals surface area contributed by atoms with Crippen molar-refractivity contribution >= 4 is 16.9 Å². The Morgan fingerprint density at radius 1 is 1.15 bits per heavy atom. The van der Waals surface area contributed by atoms with Gasteiger partial charge in [-0.1, -0.05) is 0 Å². The number of nitrogens with one attached hydrogen (secondary N) is 1. The summed E-state index contributed by atoms with van der Waals surface area (Å²) in [6, 6.07) is 7.04. The number of aromatic nitrogens is 1. The Labute approximate surface area is 150 Å². The zero-order valence-corrected chi connectivity index (χ0v) is 14.7. The van der Waals surface area contributed by atoms with E-state index in [1.54, 1.807) is 38.4 Å². The maximum absolute atomic E-state index is 12.3. The molecule has 2 N–H and O–H groups in total. The number of carbonyl (C=O) groups excluding carboxylic acids is 1. The Balaban J connectivity index is 1.75. The molecule has 0 radical (unpaired) electrons. The fourth-order valence-corrected chi connectivity index (χ4v) is 2.90. The molecule has 0 saturated carbocycles. The van der Waals surface area contributed by atoms with E-state index in [0.717, 1.165) is 10.9 Å². The first-order valence-corrected chi connectivity index (χ1v) is 8.38. The van der Waals surface area contributed by atoms with Crippen molar-refractivity contribution in [1.82, 2.24) is 10.3 Å². The van der Waals surface area contributed by atoms with Crippen molar-refractivity contribution in [3.8, 4) is 5.75 Å². The summed E-state index contributed by atoms with van der Waals surface area (Å²) in [5, 5.41) is 13.3. The van der Waals surface area contributed by atoms with Crippen LogP contribution in [-0.2, 0) is 17.6 Å². The van der Waals surface area contributed by atoms with Gasteiger partial charge in [0, 0.05) is 29.9 Å². The topological polar surface area (TPSA) is 92.4 Å². The normalized spacial score (nSPS) is 10.8. The van der Waals surface area contributed by atoms with Crippen LogP contribution in [0, 0.1) is 13.8 Å². The molecule has 0 saturated heterocycles. The monoisotopic (exact) mass is 352 g/mol. The summed E-state index contributed by atoms with van der Waals surface area (Å²) in [6.07, 6.45) is 4.07. The van der Waals surface area contributed by atoms with Gasteiger partial charge in [-0.25, -0.2) is 4.79 Å². The Hall–Kier alpha value is -3.15. The molecule has 0 bridgehead atoms. The van der Waals surface area contributed by atoms with Gasteiger partial charge in [0.1, 0.15) is 11.3 Å². The highest BCUT2D eigenvalue weighted by Crippen LogP contribution is 2.28. The number of fused-ring (bicyclic) bond motifs is 1. The lowest BCUT2D eigenvalue weighted by molar-refractivity contribution is -0.120. The van der Waals surface area contributed by atoms with E-state index in [9.17, 15) is 14.7 Å². The largest absolute Gasteiger partial charge is 0.508 e. The van der Waals surface area contributed by atoms with Gasteiger partial charge in [0.05, 0.1) is 12.0 Å². The number of hydrogen-bond donors (Lipinski definition) is 2. The van der Waals surface area contributed by atoms with Crippen LogP contribution in [-0.4, -0.2) is 22.5 Å². The molecular formula is C20H20N2O4. The fourth-order valence-electron chi connectivity index (χ4n) is 2.90. The predicted molar refractivity (Wildman–Crippen MR) is 98.3 cm³/mol. The van der Waals surface area contributed by atoms with Gasteiger partial charge in [0.25, 0.3) is 0 Å². The van der Waals surface area contributed by atoms with Gasteiger partial charge in [-0.3, -0.25) is 9.78 Å². The SMILES string of the molecule is Cc1c(CC(=O)NCCc2ccncc2)c(=O)oc2c(C)c(O)ccc12. The van der Waals surface area contributed by atoms with Crippen LogP contribution in [0.2, 0.25) is 0 Å². The third-order valence-corrected chi connectivity index (χ3v) is 4.50. The van der Waals surface area contributed by atoms with Crippen molar-refractivity contribution in [2.75, 3.05) is 6.54 Å². The van der Waals surface area contributed by atoms with E-state index >= 15 is 0 Å². The zero-order valence-electron chi connectivity index (χ0n) is 14.7. The van der Waals surface area contributed by atoms with Crippen LogP contribution >= 0.6 is 0 Å². The molecule has 0 aliphatic heterocycles. The third kappa shape index (κ3) is 3.59. The fraction of sp³-hybridized carbons (Fsp3) is 0.250. The van der Waals surface area contributed by atoms with Gasteiger partial charge in [0.2, 0.25) is 5.91 Å². The van der Waals surface area contributed by atoms with Crippen molar-refractivity contribution in [3.05, 3.63) is 69.3 Å². The van der Waals surface area contributed by atoms with Crippen molar-refractivity contribution in [1.29, 1.82) is 0 Å². The molecule has 1 aromatic carbocycles. The number of carbonyl (C=O) groups is 1. The molecule has 0 unspecified atom stereocenters. The maximum Gasteiger partial charge on any atom is 0.340 e. The number of hydrogen-bond acceptors (Lipinski definition) is 5. The van der Waals surface area contributed by atoms with Crippen LogP contribution in [0.3, 0.4) is 0 Å². The number of aromatic hydroxyl groups is 1. The Bertz CT molecular complexity index is 1010. The van der Waals surface area contributed by atoms with E-state index < -0.39 is 5.63 Å². The Kier molecular flexibility index (Phi) is 5.02. The first-order chi connectivity index (χ1) is 12.5. The van der Waals surface area contributed by atoms with Gasteiger partial charge >= 0.3 is 5.63 Å². The second-order valence-electron chi connectivity index (χ2n) is 6.21. The molecule has 134 valence electrons. The Morgan fingerprint density at radius 3 is 2.62 bits per heavy atom. The molecule has 0 aliphatic carbocycles. The van der Waals surface area contributed by atoms with Crippen LogP contribution in [0.5, 0.6) is 5.75 Å². The van der Waals surface area contributed by atoms with Gasteiger partial charge in [0.15, 0.2) is 0 Å². The molecule has 0 aliphatic rings. The molecule has 3 aromatic rings. The second-order valence-corrected chi connectivity index (χ2v) is 6.21. The molecule has 0 spiro atoms. The van der Waals surface area contributed by atoms with E-state index in [1.807, 2.05) is 12.1 Å². The molecule has 0 atom stereocenters. The van der Waals surface area contributed by atoms with Gasteiger partial charge in [-0.2, -0.15) is 0 Å². The van der Waals surface area contributed by atoms with Gasteiger partial charge < -0.3 is 14.8 Å². The molecule has 2 heterocycles. The quantitative estimate of drug-likeness (QED) is 0.688. The lowest BCUT2D eigenvalue weighted by Crippen LogP contribution is -2.29. The highest BCUT2D eigenvalue weighted by molar-refractivity contribution is 5.87. The van der Waals surface area contributed by atoms with Crippen LogP contribution in [0.15, 0.2) is 45.9 Å². The summed E-state index contributed by atoms with van der Waals surface area (Å²) in [5.74, 6) is -0.161. The maximum atomic E-state index is 12.3. The third-order valence-electron chi connectivity index (χ3n) is 4.50. The van der Waals surface area contributed by atoms with Crippen molar-refractivity contribution < 1.29 is 14.3 Å². The van der Waals surface area contributed by atoms with Crippen LogP contribution in [0.25, 0.3) is 11.0 Å². The van der Waals surface area contributed by atoms with Crippen LogP contribution < -0.4 is 10.9 Å². The minimum absolute atomic E-state index is 0.0413. The predicted octanol–water partition coefficient (Wildman–Crippen LogP) is 2.41. The number of pyridine rings is 1. The summed E-state index contributed by atoms with van der Waals surface area (Å²) in [6.45, 7) is 3.95. The van der Waals surface area contributed by atoms with Crippen molar-refractivity contribution in [3.63, 3.8) is 0 Å². The van der Waals surface area contributed by atoms with E-state index in [0.29, 0.717) is 35.2 Å². The van der Waals surface area contributed by atoms with Gasteiger partial charge in [-0.15, -0.1) is 0 Å². The first kappa shape index (κ1) is 17.7. The molecule has 1 amide bonds. The summed E-state index contributed by atoms with van der Waals surface area (Å²) in [4.78, 5) is 28.5. The van der Waals surface area contributed by atoms with E-state index in [-0.39, 0.29) is 18.1 Å². The minimum Gasteiger partial charge on any atom is -0.508 e. The minimum atomic E-state index is -0.548. The number of rotatable bonds is 5. The number of benzene rings is 1. The lowest BCUT2D eigenvalue weighted by atomic mass is 10.0. The number of amides is 1. The van der Waals surface area contributed by atoms with Gasteiger partial charge in [-0.05, 0) is 55.7 Å². The lowest BCUT2D eigenvalue weighted by Gasteiger charge is -2.10. The number of aryl methyl sites for hydroxylation is 2. The van der Waals surface area contributed by atoms with E-state index in [1.165, 1.54) is 0 Å². The number of phenolic OH excluding ortho intramolecular Hbond substituents is 1. The zero-order chi connectivity index (χ0) is 18.7. The molecule has 3 rings (SSSR count). The molecule has 6 nitrogen and oxygen atoms in total. The standard InChI is InChI=1S/C20H20N2O4/c1-12-15-3-4-17(23)13(2)19(15)26-20(25)16(12)11-18(24)22-10-7-14-5-8-21-9-6-14/h3-6,8-9,23H,7,10-11H2,1-2H3,(H,22,24). The molecule has 6 heteroatoms. The van der Waals surface area contributed by atoms with E-state index in [2.05, 4.69) is 10.3 Å². The van der Waals surface area contributed by atoms with Crippen LogP contribution in [0.4, 0.5) is 0 Å². The smallest absolute Gasteiger partial charge is 0.340 e. The summed E-state index contributed by atoms with van der Waals surface area (Å²) in [7, 11) is 0. The average Bonchev–Trinajstić information content (AvgIpc) is 2.63. The molecule has 2 aromatic heterocycles. The van der Waals surface area contributed by atoms with Crippen LogP contribution in [0.1, 0.15) is 22.3 Å². The molecular weight excluding hydrogens is 332 g/mol. The highest BCUT2D eigenvalue weighted by atomic mass is 16.4. The summed E-state index contributed by atoms with van der Waals surface area (Å²) < 4.78 is 5.36. The molecule has 0 fully saturated rings. The number of nitrogens with zero attached hydrogens (tertiary/aromatic N) is 1. The second kappa shape index (κ2) is 7.39. The number of phenols is 1. The molecule has 26 heavy (non-hydrogen) atoms. The Morgan fingerprint density at radius 2 is 1.88 bits per heavy atom. The van der Waals surface area contributed by atoms with E-state index in [4.69, 9.17) is 4.42 Å². The highest BCUT2D eigenvalue weighted by Gasteiger charge is 2.16. The summed E-state index contributed by atoms with van der Waals surface area (Å²) >= 11 is 0. The van der Waals surface area contributed by atoms with Crippen molar-refractivity contribution in [2.45, 2.75) is 26.7 Å². The average molecular weight is 352 g/mol. The van der Waals surface area contributed by atoms with Crippen molar-refractivity contribution in [2.24, 2.45) is 0 Å².